The molecule has 0 aromatic heterocycles. The Bertz CT molecular complexity index is 2000. The van der Waals surface area contributed by atoms with Gasteiger partial charge < -0.3 is 44.9 Å². The molecule has 510 valence electrons. The second-order valence-electron chi connectivity index (χ2n) is 26.3. The third kappa shape index (κ3) is 20.1. The fraction of sp³-hybridized carbons (Fsp3) is 0.857. The highest BCUT2D eigenvalue weighted by atomic mass is 28.4. The van der Waals surface area contributed by atoms with Crippen molar-refractivity contribution in [3.63, 3.8) is 0 Å². The summed E-state index contributed by atoms with van der Waals surface area (Å²) in [5.41, 5.74) is 1.69. The highest BCUT2D eigenvalue weighted by Gasteiger charge is 2.57. The minimum Gasteiger partial charge on any atom is -0.414 e. The van der Waals surface area contributed by atoms with E-state index < -0.39 is 91.0 Å². The maximum atomic E-state index is 7.98. The summed E-state index contributed by atoms with van der Waals surface area (Å²) >= 11 is 0. The molecular weight excluding hydrogens is 1230 g/mol. The summed E-state index contributed by atoms with van der Waals surface area (Å²) in [6.45, 7) is 56.9. The molecule has 2 heterocycles. The quantitative estimate of drug-likeness (QED) is 0.0465. The molecule has 0 aliphatic carbocycles. The van der Waals surface area contributed by atoms with Crippen molar-refractivity contribution < 1.29 is 44.9 Å². The molecule has 0 saturated carbocycles. The van der Waals surface area contributed by atoms with E-state index in [1.165, 1.54) is 0 Å². The minimum absolute atomic E-state index is 0.347. The van der Waals surface area contributed by atoms with Gasteiger partial charge in [0.15, 0.2) is 66.5 Å². The monoisotopic (exact) mass is 1360 g/mol. The van der Waals surface area contributed by atoms with Crippen LogP contribution in [0.5, 0.6) is 0 Å². The van der Waals surface area contributed by atoms with E-state index >= 15 is 0 Å². The summed E-state index contributed by atoms with van der Waals surface area (Å²) in [7, 11) is -17.8. The van der Waals surface area contributed by atoms with Gasteiger partial charge in [-0.15, -0.1) is 0 Å². The molecule has 0 amide bonds. The van der Waals surface area contributed by atoms with Crippen LogP contribution in [0.2, 0.25) is 145 Å². The average Bonchev–Trinajstić information content (AvgIpc) is 0.901. The highest BCUT2D eigenvalue weighted by Crippen LogP contribution is 2.43. The molecule has 1 aromatic carbocycles. The largest absolute Gasteiger partial charge is 0.414 e. The lowest BCUT2D eigenvalue weighted by molar-refractivity contribution is -0.199. The molecule has 88 heavy (non-hydrogen) atoms. The van der Waals surface area contributed by atoms with Crippen LogP contribution in [-0.2, 0) is 44.9 Å². The minimum atomic E-state index is -2.31. The van der Waals surface area contributed by atoms with Crippen LogP contribution < -0.4 is 0 Å². The van der Waals surface area contributed by atoms with Crippen molar-refractivity contribution in [2.45, 2.75) is 372 Å². The van der Waals surface area contributed by atoms with E-state index in [1.807, 2.05) is 0 Å². The van der Waals surface area contributed by atoms with Crippen LogP contribution in [-0.4, -0.2) is 141 Å². The predicted octanol–water partition coefficient (Wildman–Crippen LogP) is 20.3. The Hall–Kier alpha value is -0.325. The standard InChI is InChI=1S/C70H138O10Si8/c1-25-81(26-2,27-3)71-57-63-67(77-85(37-13,38-14)39-15)69(79-87(43-19,44-20)45-21)65(75-83(31-7,32-8)33-9)61(73-63)55-53-59-51-49-50-52-60(59)54-56-62-66(76-84(34-10,35-11)36-12)70(80-88(46-22,47-23)48-24)68(78-86(40-16,41-17)42-18)64(74-62)58-72-82(28-4,29-5)30-6/h49-52,61-70H,25-48,57-58H2,1-24H3/t61-,62-,63+,64+,65-,66-,67+,68+,69+,70+/m0/s1. The summed E-state index contributed by atoms with van der Waals surface area (Å²) in [4.78, 5) is 0. The number of hydrogen-bond acceptors (Lipinski definition) is 10. The molecule has 10 nitrogen and oxygen atoms in total. The van der Waals surface area contributed by atoms with Gasteiger partial charge in [-0.3, -0.25) is 0 Å². The van der Waals surface area contributed by atoms with Crippen LogP contribution in [0.25, 0.3) is 0 Å². The number of benzene rings is 1. The molecule has 18 heteroatoms. The topological polar surface area (TPSA) is 92.3 Å². The van der Waals surface area contributed by atoms with Crippen LogP contribution in [0.4, 0.5) is 0 Å². The zero-order chi connectivity index (χ0) is 66.0. The molecule has 2 fully saturated rings. The first-order valence-electron chi connectivity index (χ1n) is 36.9. The molecule has 0 bridgehead atoms. The Balaban J connectivity index is 2.58. The van der Waals surface area contributed by atoms with E-state index in [0.717, 1.165) is 156 Å². The van der Waals surface area contributed by atoms with E-state index in [2.05, 4.69) is 214 Å². The lowest BCUT2D eigenvalue weighted by Crippen LogP contribution is -2.67. The predicted molar refractivity (Wildman–Crippen MR) is 396 cm³/mol. The van der Waals surface area contributed by atoms with Crippen LogP contribution in [0, 0.1) is 23.7 Å². The van der Waals surface area contributed by atoms with E-state index in [4.69, 9.17) is 44.9 Å². The molecule has 1 aromatic rings. The van der Waals surface area contributed by atoms with Crippen LogP contribution >= 0.6 is 0 Å². The van der Waals surface area contributed by atoms with Gasteiger partial charge in [0.1, 0.15) is 61.0 Å². The van der Waals surface area contributed by atoms with E-state index in [0.29, 0.717) is 13.2 Å². The summed E-state index contributed by atoms with van der Waals surface area (Å²) in [6.07, 6.45) is -4.29. The summed E-state index contributed by atoms with van der Waals surface area (Å²) in [6, 6.07) is 33.1. The van der Waals surface area contributed by atoms with Gasteiger partial charge in [-0.05, 0) is 157 Å². The van der Waals surface area contributed by atoms with Gasteiger partial charge >= 0.3 is 0 Å². The van der Waals surface area contributed by atoms with Crippen molar-refractivity contribution in [3.8, 4) is 23.7 Å². The molecule has 2 saturated heterocycles. The van der Waals surface area contributed by atoms with Gasteiger partial charge in [-0.1, -0.05) is 202 Å². The SMILES string of the molecule is CC[Si](CC)(CC)OC[C@H]1O[C@@H](C#Cc2ccccc2C#C[C@@H]2O[C@H](CO[Si](CC)(CC)CC)[C@@H](O[Si](CC)(CC)CC)[C@H](O[Si](CC)(CC)CC)[C@H]2O[Si](CC)(CC)CC)[C@H](O[Si](CC)(CC)CC)[C@@H](O[Si](CC)(CC)CC)[C@@H]1O[Si](CC)(CC)CC. The third-order valence-electron chi connectivity index (χ3n) is 23.8. The molecule has 10 atom stereocenters. The normalized spacial score (nSPS) is 23.6. The lowest BCUT2D eigenvalue weighted by Gasteiger charge is -2.52. The zero-order valence-electron chi connectivity index (χ0n) is 61.6. The Labute approximate surface area is 552 Å². The number of rotatable bonds is 42. The Morgan fingerprint density at radius 3 is 0.670 bits per heavy atom. The lowest BCUT2D eigenvalue weighted by atomic mass is 9.94. The molecule has 0 spiro atoms. The van der Waals surface area contributed by atoms with Crippen LogP contribution in [0.15, 0.2) is 24.3 Å². The smallest absolute Gasteiger partial charge is 0.192 e. The maximum Gasteiger partial charge on any atom is 0.192 e. The average molecular weight is 1360 g/mol. The summed E-state index contributed by atoms with van der Waals surface area (Å²) in [5.74, 6) is 15.3. The van der Waals surface area contributed by atoms with Crippen molar-refractivity contribution in [1.82, 2.24) is 0 Å². The zero-order valence-corrected chi connectivity index (χ0v) is 69.6. The van der Waals surface area contributed by atoms with Crippen LogP contribution in [0.1, 0.15) is 177 Å². The Kier molecular flexibility index (Phi) is 36.3. The molecular formula is C70H138O10Si8. The summed E-state index contributed by atoms with van der Waals surface area (Å²) < 4.78 is 77.4. The van der Waals surface area contributed by atoms with Crippen molar-refractivity contribution in [3.05, 3.63) is 35.4 Å². The fourth-order valence-corrected chi connectivity index (χ4v) is 36.8. The van der Waals surface area contributed by atoms with Crippen molar-refractivity contribution in [2.75, 3.05) is 13.2 Å². The number of hydrogen-bond donors (Lipinski definition) is 0. The highest BCUT2D eigenvalue weighted by molar-refractivity contribution is 6.76. The van der Waals surface area contributed by atoms with Gasteiger partial charge in [0.05, 0.1) is 13.2 Å². The maximum absolute atomic E-state index is 7.98. The molecule has 0 radical (unpaired) electrons. The second-order valence-corrected chi connectivity index (χ2v) is 64.2. The number of ether oxygens (including phenoxy) is 2. The van der Waals surface area contributed by atoms with Gasteiger partial charge in [-0.2, -0.15) is 0 Å². The third-order valence-corrected chi connectivity index (χ3v) is 60.9. The van der Waals surface area contributed by atoms with Gasteiger partial charge in [0.2, 0.25) is 0 Å². The van der Waals surface area contributed by atoms with Crippen molar-refractivity contribution >= 4 is 66.5 Å². The van der Waals surface area contributed by atoms with E-state index in [9.17, 15) is 0 Å². The van der Waals surface area contributed by atoms with Crippen LogP contribution in [0.3, 0.4) is 0 Å². The second kappa shape index (κ2) is 39.0. The van der Waals surface area contributed by atoms with Gasteiger partial charge in [0, 0.05) is 11.1 Å². The molecule has 0 unspecified atom stereocenters. The first kappa shape index (κ1) is 81.9. The molecule has 3 rings (SSSR count). The first-order chi connectivity index (χ1) is 42.1. The first-order valence-corrected chi connectivity index (χ1v) is 57.1. The van der Waals surface area contributed by atoms with Gasteiger partial charge in [0.25, 0.3) is 0 Å². The van der Waals surface area contributed by atoms with Crippen molar-refractivity contribution in [2.24, 2.45) is 0 Å². The fourth-order valence-electron chi connectivity index (χ4n) is 14.5. The van der Waals surface area contributed by atoms with Gasteiger partial charge in [-0.25, -0.2) is 0 Å². The summed E-state index contributed by atoms with van der Waals surface area (Å²) in [5, 5.41) is 0. The molecule has 2 aliphatic rings. The Morgan fingerprint density at radius 1 is 0.273 bits per heavy atom. The Morgan fingerprint density at radius 2 is 0.466 bits per heavy atom. The van der Waals surface area contributed by atoms with Crippen molar-refractivity contribution in [1.29, 1.82) is 0 Å². The van der Waals surface area contributed by atoms with E-state index in [1.54, 1.807) is 0 Å². The van der Waals surface area contributed by atoms with E-state index in [-0.39, 0.29) is 36.6 Å². The molecule has 2 aliphatic heterocycles. The molecule has 0 N–H and O–H groups in total.